The first-order valence-electron chi connectivity index (χ1n) is 8.63. The van der Waals surface area contributed by atoms with Crippen LogP contribution in [-0.2, 0) is 9.59 Å². The van der Waals surface area contributed by atoms with E-state index in [2.05, 4.69) is 15.8 Å². The van der Waals surface area contributed by atoms with Gasteiger partial charge in [0.2, 0.25) is 0 Å². The fourth-order valence-electron chi connectivity index (χ4n) is 1.88. The van der Waals surface area contributed by atoms with Crippen LogP contribution >= 0.6 is 0 Å². The second-order valence-electron chi connectivity index (χ2n) is 5.30. The van der Waals surface area contributed by atoms with Crippen LogP contribution in [0.5, 0.6) is 11.5 Å². The van der Waals surface area contributed by atoms with Crippen molar-refractivity contribution in [2.24, 2.45) is 5.10 Å². The van der Waals surface area contributed by atoms with E-state index >= 15 is 0 Å². The number of nitrogens with one attached hydrogen (secondary N) is 2. The Kier molecular flexibility index (Phi) is 9.74. The van der Waals surface area contributed by atoms with E-state index in [4.69, 9.17) is 9.47 Å². The molecule has 0 heterocycles. The van der Waals surface area contributed by atoms with Crippen LogP contribution in [0.2, 0.25) is 0 Å². The Balaban J connectivity index is 2.62. The van der Waals surface area contributed by atoms with Crippen molar-refractivity contribution in [2.75, 3.05) is 19.8 Å². The molecule has 1 aromatic carbocycles. The fourth-order valence-corrected chi connectivity index (χ4v) is 1.88. The van der Waals surface area contributed by atoms with Crippen LogP contribution in [0.15, 0.2) is 23.3 Å². The van der Waals surface area contributed by atoms with Crippen molar-refractivity contribution in [3.8, 4) is 11.5 Å². The van der Waals surface area contributed by atoms with Gasteiger partial charge >= 0.3 is 11.8 Å². The molecule has 0 unspecified atom stereocenters. The van der Waals surface area contributed by atoms with Crippen molar-refractivity contribution >= 4 is 18.0 Å². The summed E-state index contributed by atoms with van der Waals surface area (Å²) in [6.07, 6.45) is 4.12. The maximum atomic E-state index is 11.6. The number of ether oxygens (including phenoxy) is 2. The molecule has 0 aliphatic rings. The third-order valence-electron chi connectivity index (χ3n) is 3.13. The van der Waals surface area contributed by atoms with Crippen LogP contribution in [0.1, 0.15) is 45.6 Å². The molecule has 0 aliphatic heterocycles. The second kappa shape index (κ2) is 11.9. The molecule has 138 valence electrons. The quantitative estimate of drug-likeness (QED) is 0.293. The molecule has 25 heavy (non-hydrogen) atoms. The summed E-state index contributed by atoms with van der Waals surface area (Å²) in [5, 5.41) is 6.33. The van der Waals surface area contributed by atoms with E-state index in [-0.39, 0.29) is 0 Å². The van der Waals surface area contributed by atoms with E-state index in [9.17, 15) is 9.59 Å². The van der Waals surface area contributed by atoms with Gasteiger partial charge in [0.25, 0.3) is 0 Å². The molecule has 0 aliphatic carbocycles. The maximum Gasteiger partial charge on any atom is 0.329 e. The average Bonchev–Trinajstić information content (AvgIpc) is 2.61. The topological polar surface area (TPSA) is 89.0 Å². The lowest BCUT2D eigenvalue weighted by Crippen LogP contribution is -2.38. The number of benzene rings is 1. The number of carbonyl (C=O) groups is 2. The molecule has 0 saturated heterocycles. The number of hydrazone groups is 1. The molecular weight excluding hydrogens is 322 g/mol. The molecule has 0 spiro atoms. The minimum Gasteiger partial charge on any atom is -0.490 e. The lowest BCUT2D eigenvalue weighted by Gasteiger charge is -2.11. The molecule has 7 heteroatoms. The summed E-state index contributed by atoms with van der Waals surface area (Å²) in [7, 11) is 0. The number of amides is 2. The van der Waals surface area contributed by atoms with Gasteiger partial charge in [-0.15, -0.1) is 0 Å². The van der Waals surface area contributed by atoms with Gasteiger partial charge in [-0.1, -0.05) is 20.3 Å². The molecule has 2 N–H and O–H groups in total. The highest BCUT2D eigenvalue weighted by Crippen LogP contribution is 2.28. The number of hydrogen-bond donors (Lipinski definition) is 2. The first-order valence-corrected chi connectivity index (χ1v) is 8.63. The smallest absolute Gasteiger partial charge is 0.329 e. The van der Waals surface area contributed by atoms with Crippen molar-refractivity contribution in [2.45, 2.75) is 40.0 Å². The Morgan fingerprint density at radius 3 is 2.56 bits per heavy atom. The zero-order chi connectivity index (χ0) is 18.5. The highest BCUT2D eigenvalue weighted by atomic mass is 16.5. The molecule has 0 radical (unpaired) electrons. The van der Waals surface area contributed by atoms with Crippen LogP contribution in [0, 0.1) is 0 Å². The van der Waals surface area contributed by atoms with Crippen molar-refractivity contribution in [3.63, 3.8) is 0 Å². The van der Waals surface area contributed by atoms with Crippen LogP contribution in [0.3, 0.4) is 0 Å². The number of unbranched alkanes of at least 4 members (excludes halogenated alkanes) is 1. The molecule has 1 rings (SSSR count). The van der Waals surface area contributed by atoms with Crippen LogP contribution < -0.4 is 20.2 Å². The number of hydrogen-bond acceptors (Lipinski definition) is 5. The predicted octanol–water partition coefficient (Wildman–Crippen LogP) is 2.24. The number of carbonyl (C=O) groups excluding carboxylic acids is 2. The first-order chi connectivity index (χ1) is 12.1. The monoisotopic (exact) mass is 349 g/mol. The zero-order valence-corrected chi connectivity index (χ0v) is 15.1. The van der Waals surface area contributed by atoms with Gasteiger partial charge in [-0.05, 0) is 43.5 Å². The van der Waals surface area contributed by atoms with Crippen molar-refractivity contribution in [3.05, 3.63) is 23.8 Å². The first kappa shape index (κ1) is 20.5. The Labute approximate surface area is 148 Å². The van der Waals surface area contributed by atoms with Crippen molar-refractivity contribution < 1.29 is 19.1 Å². The Bertz CT molecular complexity index is 588. The summed E-state index contributed by atoms with van der Waals surface area (Å²) in [6.45, 7) is 7.52. The van der Waals surface area contributed by atoms with E-state index in [0.717, 1.165) is 24.8 Å². The standard InChI is InChI=1S/C18H27N3O4/c1-4-7-10-19-17(22)18(23)21-20-13-14-8-9-15(25-11-5-2)16(12-14)24-6-3/h8-9,12-13H,4-7,10-11H2,1-3H3,(H,19,22)(H,21,23)/b20-13-. The third kappa shape index (κ3) is 7.69. The minimum atomic E-state index is -0.791. The molecule has 0 bridgehead atoms. The Morgan fingerprint density at radius 1 is 1.08 bits per heavy atom. The largest absolute Gasteiger partial charge is 0.490 e. The summed E-state index contributed by atoms with van der Waals surface area (Å²) >= 11 is 0. The van der Waals surface area contributed by atoms with Crippen LogP contribution in [0.25, 0.3) is 0 Å². The molecular formula is C18H27N3O4. The minimum absolute atomic E-state index is 0.476. The second-order valence-corrected chi connectivity index (χ2v) is 5.30. The van der Waals surface area contributed by atoms with E-state index in [1.54, 1.807) is 18.2 Å². The summed E-state index contributed by atoms with van der Waals surface area (Å²) in [4.78, 5) is 23.1. The molecule has 0 aromatic heterocycles. The summed E-state index contributed by atoms with van der Waals surface area (Å²) in [5.41, 5.74) is 2.93. The normalized spacial score (nSPS) is 10.5. The Morgan fingerprint density at radius 2 is 1.88 bits per heavy atom. The molecule has 7 nitrogen and oxygen atoms in total. The van der Waals surface area contributed by atoms with Crippen molar-refractivity contribution in [1.29, 1.82) is 0 Å². The summed E-state index contributed by atoms with van der Waals surface area (Å²) in [6, 6.07) is 5.36. The lowest BCUT2D eigenvalue weighted by atomic mass is 10.2. The summed E-state index contributed by atoms with van der Waals surface area (Å²) < 4.78 is 11.2. The summed E-state index contributed by atoms with van der Waals surface area (Å²) in [5.74, 6) is -0.201. The van der Waals surface area contributed by atoms with E-state index in [0.29, 0.717) is 31.3 Å². The molecule has 1 aromatic rings. The van der Waals surface area contributed by atoms with Gasteiger partial charge in [0, 0.05) is 6.54 Å². The number of nitrogens with zero attached hydrogens (tertiary/aromatic N) is 1. The Hall–Kier alpha value is -2.57. The van der Waals surface area contributed by atoms with Gasteiger partial charge in [0.15, 0.2) is 11.5 Å². The van der Waals surface area contributed by atoms with Gasteiger partial charge in [0.1, 0.15) is 0 Å². The van der Waals surface area contributed by atoms with Gasteiger partial charge in [-0.2, -0.15) is 5.10 Å². The fraction of sp³-hybridized carbons (Fsp3) is 0.500. The SMILES string of the molecule is CCCCNC(=O)C(=O)N/N=C\c1ccc(OCCC)c(OCC)c1. The van der Waals surface area contributed by atoms with Crippen LogP contribution in [0.4, 0.5) is 0 Å². The molecule has 2 amide bonds. The highest BCUT2D eigenvalue weighted by molar-refractivity contribution is 6.35. The van der Waals surface area contributed by atoms with E-state index < -0.39 is 11.8 Å². The van der Waals surface area contributed by atoms with Gasteiger partial charge < -0.3 is 14.8 Å². The van der Waals surface area contributed by atoms with Gasteiger partial charge in [-0.25, -0.2) is 5.43 Å². The van der Waals surface area contributed by atoms with Crippen LogP contribution in [-0.4, -0.2) is 37.8 Å². The average molecular weight is 349 g/mol. The predicted molar refractivity (Wildman–Crippen MR) is 97.1 cm³/mol. The lowest BCUT2D eigenvalue weighted by molar-refractivity contribution is -0.139. The highest BCUT2D eigenvalue weighted by Gasteiger charge is 2.11. The van der Waals surface area contributed by atoms with E-state index in [1.165, 1.54) is 6.21 Å². The molecule has 0 fully saturated rings. The molecule has 0 saturated carbocycles. The third-order valence-corrected chi connectivity index (χ3v) is 3.13. The van der Waals surface area contributed by atoms with Gasteiger partial charge in [-0.3, -0.25) is 9.59 Å². The zero-order valence-electron chi connectivity index (χ0n) is 15.1. The molecule has 0 atom stereocenters. The maximum absolute atomic E-state index is 11.6. The van der Waals surface area contributed by atoms with Crippen molar-refractivity contribution in [1.82, 2.24) is 10.7 Å². The number of rotatable bonds is 10. The van der Waals surface area contributed by atoms with Gasteiger partial charge in [0.05, 0.1) is 19.4 Å². The van der Waals surface area contributed by atoms with E-state index in [1.807, 2.05) is 20.8 Å².